The molecule has 5 atom stereocenters. The molecule has 1 fully saturated rings. The zero-order chi connectivity index (χ0) is 47.0. The Morgan fingerprint density at radius 1 is 0.547 bits per heavy atom. The topological polar surface area (TPSA) is 208 Å². The number of carbonyl (C=O) groups is 2. The van der Waals surface area contributed by atoms with Gasteiger partial charge in [-0.15, -0.1) is 0 Å². The van der Waals surface area contributed by atoms with Crippen molar-refractivity contribution in [1.82, 2.24) is 0 Å². The number of allylic oxidation sites excluding steroid dienone is 12. The number of ether oxygens (including phenoxy) is 3. The second-order valence-corrected chi connectivity index (χ2v) is 18.4. The minimum absolute atomic E-state index is 0.0607. The van der Waals surface area contributed by atoms with Crippen molar-refractivity contribution in [1.29, 1.82) is 0 Å². The number of unbranched alkanes of at least 4 members (excludes halogenated alkanes) is 10. The number of hydrogen-bond donors (Lipinski definition) is 4. The third kappa shape index (κ3) is 39.6. The highest BCUT2D eigenvalue weighted by atomic mass is 31.2. The van der Waals surface area contributed by atoms with E-state index in [9.17, 15) is 28.7 Å². The molecule has 0 bridgehead atoms. The van der Waals surface area contributed by atoms with Gasteiger partial charge in [-0.2, -0.15) is 0 Å². The second-order valence-electron chi connectivity index (χ2n) is 15.7. The van der Waals surface area contributed by atoms with Crippen molar-refractivity contribution in [3.05, 3.63) is 85.1 Å². The molecule has 1 heterocycles. The van der Waals surface area contributed by atoms with E-state index in [1.807, 2.05) is 18.2 Å². The lowest BCUT2D eigenvalue weighted by Crippen LogP contribution is -2.29. The molecular formula is C48H80O14P2. The summed E-state index contributed by atoms with van der Waals surface area (Å²) in [5.74, 6) is -1.15. The summed E-state index contributed by atoms with van der Waals surface area (Å²) in [5.41, 5.74) is 0. The van der Waals surface area contributed by atoms with Crippen LogP contribution in [0.3, 0.4) is 0 Å². The van der Waals surface area contributed by atoms with Gasteiger partial charge in [-0.1, -0.05) is 144 Å². The molecule has 0 saturated carbocycles. The van der Waals surface area contributed by atoms with Crippen molar-refractivity contribution in [2.24, 2.45) is 0 Å². The molecule has 0 radical (unpaired) electrons. The molecule has 366 valence electrons. The predicted molar refractivity (Wildman–Crippen MR) is 252 cm³/mol. The van der Waals surface area contributed by atoms with E-state index in [1.165, 1.54) is 19.3 Å². The van der Waals surface area contributed by atoms with E-state index in [0.717, 1.165) is 89.9 Å². The molecule has 64 heavy (non-hydrogen) atoms. The number of epoxide rings is 1. The molecule has 0 spiro atoms. The maximum absolute atomic E-state index is 12.7. The van der Waals surface area contributed by atoms with Crippen LogP contribution in [0.1, 0.15) is 155 Å². The monoisotopic (exact) mass is 943 g/mol. The summed E-state index contributed by atoms with van der Waals surface area (Å²) in [6.07, 6.45) is 47.6. The van der Waals surface area contributed by atoms with Gasteiger partial charge in [-0.25, -0.2) is 9.13 Å². The van der Waals surface area contributed by atoms with Crippen LogP contribution in [0, 0.1) is 0 Å². The first kappa shape index (κ1) is 59.3. The zero-order valence-electron chi connectivity index (χ0n) is 38.5. The molecule has 16 heteroatoms. The first-order chi connectivity index (χ1) is 30.8. The standard InChI is InChI=1S/C48H80O14P2/c1-3-5-7-8-9-10-11-12-13-14-15-16-21-24-27-30-34-38-48(51)61-44(42-60-64(55,56)59-40-43(49)39-58-63(52,53)54)41-57-47(50)37-33-29-26-23-20-18-17-19-22-25-28-32-36-46-45(62-46)35-31-6-4-2/h6,9-10,12-13,18-20,22,26,28-29,31-32,43-46,49H,3-5,7-8,11,14-17,21,23-25,27,30,33-42H2,1-2H3,(H,55,56)(H2,52,53,54)/b10-9-,13-12-,20-18-,22-19-,29-26-,31-6-,32-28-/t43-,44+,45?,46?/m0/s1. The quantitative estimate of drug-likeness (QED) is 0.0148. The highest BCUT2D eigenvalue weighted by Crippen LogP contribution is 2.44. The van der Waals surface area contributed by atoms with Crippen LogP contribution in [0.5, 0.6) is 0 Å². The van der Waals surface area contributed by atoms with Gasteiger partial charge >= 0.3 is 27.6 Å². The van der Waals surface area contributed by atoms with E-state index in [0.29, 0.717) is 31.5 Å². The van der Waals surface area contributed by atoms with Crippen LogP contribution >= 0.6 is 15.6 Å². The first-order valence-corrected chi connectivity index (χ1v) is 26.4. The highest BCUT2D eigenvalue weighted by molar-refractivity contribution is 7.47. The fraction of sp³-hybridized carbons (Fsp3) is 0.667. The Morgan fingerprint density at radius 2 is 1.03 bits per heavy atom. The number of hydrogen-bond acceptors (Lipinski definition) is 11. The Morgan fingerprint density at radius 3 is 1.61 bits per heavy atom. The lowest BCUT2D eigenvalue weighted by Gasteiger charge is -2.20. The van der Waals surface area contributed by atoms with Crippen LogP contribution in [-0.4, -0.2) is 82.6 Å². The van der Waals surface area contributed by atoms with E-state index in [1.54, 1.807) is 0 Å². The molecule has 0 amide bonds. The van der Waals surface area contributed by atoms with E-state index < -0.39 is 66.2 Å². The molecule has 0 aromatic rings. The van der Waals surface area contributed by atoms with E-state index >= 15 is 0 Å². The predicted octanol–water partition coefficient (Wildman–Crippen LogP) is 11.3. The van der Waals surface area contributed by atoms with Crippen molar-refractivity contribution in [3.8, 4) is 0 Å². The number of carbonyl (C=O) groups excluding carboxylic acids is 2. The van der Waals surface area contributed by atoms with Crippen LogP contribution in [0.15, 0.2) is 85.1 Å². The average molecular weight is 943 g/mol. The minimum Gasteiger partial charge on any atom is -0.462 e. The van der Waals surface area contributed by atoms with Gasteiger partial charge in [-0.3, -0.25) is 23.2 Å². The number of aliphatic hydroxyl groups excluding tert-OH is 1. The Bertz CT molecular complexity index is 1510. The maximum atomic E-state index is 12.7. The number of phosphoric acid groups is 2. The SMILES string of the molecule is CC/C=C\CC1OC1C/C=C\C/C=C\C/C=C\C/C=C\CCC(=O)OC[C@H](COP(=O)(O)OC[C@@H](O)COP(=O)(O)O)OC(=O)CCCCCCCCC/C=C\C/C=C\CCCCC. The molecule has 0 aliphatic carbocycles. The number of esters is 2. The first-order valence-electron chi connectivity index (χ1n) is 23.4. The van der Waals surface area contributed by atoms with Gasteiger partial charge in [0.2, 0.25) is 0 Å². The molecular weight excluding hydrogens is 862 g/mol. The summed E-state index contributed by atoms with van der Waals surface area (Å²) in [6, 6.07) is 0. The molecule has 0 aromatic carbocycles. The molecule has 1 aliphatic heterocycles. The number of phosphoric ester groups is 2. The Balaban J connectivity index is 2.38. The summed E-state index contributed by atoms with van der Waals surface area (Å²) < 4.78 is 53.5. The Hall–Kier alpha value is -2.74. The lowest BCUT2D eigenvalue weighted by molar-refractivity contribution is -0.161. The fourth-order valence-corrected chi connectivity index (χ4v) is 7.19. The van der Waals surface area contributed by atoms with Crippen molar-refractivity contribution in [2.45, 2.75) is 180 Å². The lowest BCUT2D eigenvalue weighted by atomic mass is 10.1. The summed E-state index contributed by atoms with van der Waals surface area (Å²) >= 11 is 0. The Labute approximate surface area is 383 Å². The minimum atomic E-state index is -4.88. The van der Waals surface area contributed by atoms with Gasteiger partial charge < -0.3 is 34.0 Å². The van der Waals surface area contributed by atoms with E-state index in [-0.39, 0.29) is 12.8 Å². The van der Waals surface area contributed by atoms with Crippen molar-refractivity contribution in [3.63, 3.8) is 0 Å². The van der Waals surface area contributed by atoms with Gasteiger partial charge in [0.15, 0.2) is 6.10 Å². The van der Waals surface area contributed by atoms with Gasteiger partial charge in [0.1, 0.15) is 12.7 Å². The number of aliphatic hydroxyl groups is 1. The zero-order valence-corrected chi connectivity index (χ0v) is 40.3. The summed E-state index contributed by atoms with van der Waals surface area (Å²) in [7, 11) is -9.71. The van der Waals surface area contributed by atoms with Gasteiger partial charge in [0, 0.05) is 12.8 Å². The maximum Gasteiger partial charge on any atom is 0.472 e. The second kappa shape index (κ2) is 39.4. The van der Waals surface area contributed by atoms with Gasteiger partial charge in [0.05, 0.1) is 32.0 Å². The van der Waals surface area contributed by atoms with Gasteiger partial charge in [-0.05, 0) is 83.5 Å². The van der Waals surface area contributed by atoms with Crippen molar-refractivity contribution >= 4 is 27.6 Å². The van der Waals surface area contributed by atoms with Gasteiger partial charge in [0.25, 0.3) is 0 Å². The summed E-state index contributed by atoms with van der Waals surface area (Å²) in [4.78, 5) is 52.8. The van der Waals surface area contributed by atoms with E-state index in [2.05, 4.69) is 89.7 Å². The number of rotatable bonds is 42. The normalized spacial score (nSPS) is 17.8. The highest BCUT2D eigenvalue weighted by Gasteiger charge is 2.36. The summed E-state index contributed by atoms with van der Waals surface area (Å²) in [5, 5.41) is 9.76. The van der Waals surface area contributed by atoms with Crippen LogP contribution in [-0.2, 0) is 46.5 Å². The van der Waals surface area contributed by atoms with Crippen LogP contribution in [0.25, 0.3) is 0 Å². The van der Waals surface area contributed by atoms with E-state index in [4.69, 9.17) is 28.5 Å². The summed E-state index contributed by atoms with van der Waals surface area (Å²) in [6.45, 7) is 1.52. The van der Waals surface area contributed by atoms with Crippen molar-refractivity contribution < 1.29 is 66.3 Å². The van der Waals surface area contributed by atoms with Crippen molar-refractivity contribution in [2.75, 3.05) is 26.4 Å². The fourth-order valence-electron chi connectivity index (χ4n) is 6.03. The molecule has 3 unspecified atom stereocenters. The third-order valence-electron chi connectivity index (χ3n) is 9.67. The molecule has 14 nitrogen and oxygen atoms in total. The van der Waals surface area contributed by atoms with Crippen LogP contribution in [0.2, 0.25) is 0 Å². The molecule has 1 rings (SSSR count). The molecule has 4 N–H and O–H groups in total. The Kier molecular flexibility index (Phi) is 36.5. The third-order valence-corrected chi connectivity index (χ3v) is 11.1. The molecule has 1 saturated heterocycles. The smallest absolute Gasteiger partial charge is 0.462 e. The molecule has 1 aliphatic rings. The van der Waals surface area contributed by atoms with Crippen LogP contribution in [0.4, 0.5) is 0 Å². The van der Waals surface area contributed by atoms with Crippen LogP contribution < -0.4 is 0 Å². The molecule has 0 aromatic heterocycles. The average Bonchev–Trinajstić information content (AvgIpc) is 4.01. The largest absolute Gasteiger partial charge is 0.472 e.